The molecule has 1 rings (SSSR count). The Morgan fingerprint density at radius 3 is 2.44 bits per heavy atom. The van der Waals surface area contributed by atoms with Gasteiger partial charge >= 0.3 is 0 Å². The molecule has 0 unspecified atom stereocenters. The summed E-state index contributed by atoms with van der Waals surface area (Å²) in [4.78, 5) is 11.2. The minimum absolute atomic E-state index is 0.399. The molecule has 0 aliphatic heterocycles. The molecule has 0 saturated heterocycles. The molecule has 0 bridgehead atoms. The zero-order chi connectivity index (χ0) is 12.3. The minimum Gasteiger partial charge on any atom is -0.366 e. The average molecular weight is 235 g/mol. The molecule has 0 saturated carbocycles. The number of rotatable bonds is 1. The predicted octanol–water partition coefficient (Wildman–Crippen LogP) is 2.10. The van der Waals surface area contributed by atoms with Crippen molar-refractivity contribution in [3.63, 3.8) is 0 Å². The Balaban J connectivity index is 3.13. The summed E-state index contributed by atoms with van der Waals surface area (Å²) in [5, 5.41) is 3.20. The fourth-order valence-electron chi connectivity index (χ4n) is 1.18. The molecular weight excluding hydrogens is 218 g/mol. The van der Waals surface area contributed by atoms with E-state index in [4.69, 9.17) is 5.73 Å². The number of nitrogens with two attached hydrogens (primary N) is 1. The van der Waals surface area contributed by atoms with E-state index in [9.17, 15) is 4.79 Å². The van der Waals surface area contributed by atoms with Crippen molar-refractivity contribution in [2.75, 3.05) is 18.8 Å². The van der Waals surface area contributed by atoms with Crippen molar-refractivity contribution in [2.45, 2.75) is 6.92 Å². The molecule has 2 nitrogen and oxygen atoms in total. The highest BCUT2D eigenvalue weighted by atomic mass is 32.3. The van der Waals surface area contributed by atoms with Gasteiger partial charge in [0.15, 0.2) is 0 Å². The highest BCUT2D eigenvalue weighted by molar-refractivity contribution is 8.35. The van der Waals surface area contributed by atoms with E-state index >= 15 is 0 Å². The summed E-state index contributed by atoms with van der Waals surface area (Å²) in [6, 6.07) is 5.55. The van der Waals surface area contributed by atoms with Crippen LogP contribution < -0.4 is 5.73 Å². The topological polar surface area (TPSA) is 43.1 Å². The third kappa shape index (κ3) is 3.63. The van der Waals surface area contributed by atoms with Gasteiger partial charge in [0.2, 0.25) is 5.91 Å². The van der Waals surface area contributed by atoms with E-state index in [0.29, 0.717) is 5.56 Å². The summed E-state index contributed by atoms with van der Waals surface area (Å²) >= 11 is 0. The second-order valence-corrected chi connectivity index (χ2v) is 8.34. The van der Waals surface area contributed by atoms with Crippen molar-refractivity contribution in [2.24, 2.45) is 5.73 Å². The van der Waals surface area contributed by atoms with Gasteiger partial charge in [-0.1, -0.05) is 12.0 Å². The van der Waals surface area contributed by atoms with Gasteiger partial charge in [-0.3, -0.25) is 4.79 Å². The van der Waals surface area contributed by atoms with Crippen LogP contribution in [0.3, 0.4) is 0 Å². The van der Waals surface area contributed by atoms with E-state index in [-0.39, 0.29) is 0 Å². The first-order valence-corrected chi connectivity index (χ1v) is 7.77. The predicted molar refractivity (Wildman–Crippen MR) is 71.9 cm³/mol. The molecule has 0 heterocycles. The molecule has 1 amide bonds. The van der Waals surface area contributed by atoms with E-state index in [0.717, 1.165) is 11.1 Å². The molecule has 1 aromatic carbocycles. The van der Waals surface area contributed by atoms with Crippen LogP contribution in [0.4, 0.5) is 0 Å². The van der Waals surface area contributed by atoms with Crippen LogP contribution in [-0.4, -0.2) is 24.7 Å². The van der Waals surface area contributed by atoms with Crippen molar-refractivity contribution in [1.82, 2.24) is 0 Å². The van der Waals surface area contributed by atoms with E-state index in [1.165, 1.54) is 0 Å². The maximum absolute atomic E-state index is 11.2. The first kappa shape index (κ1) is 12.7. The normalized spacial score (nSPS) is 11.5. The first-order chi connectivity index (χ1) is 7.29. The molecule has 0 radical (unpaired) electrons. The summed E-state index contributed by atoms with van der Waals surface area (Å²) in [5.41, 5.74) is 7.57. The molecule has 86 valence electrons. The standard InChI is InChI=1S/C13H17NOS/c1-10-5-6-11(7-8-16(2,3)4)9-12(10)13(14)15/h5-6,9H,1-4H3,(H2,14,15). The van der Waals surface area contributed by atoms with Gasteiger partial charge in [0.1, 0.15) is 0 Å². The van der Waals surface area contributed by atoms with Gasteiger partial charge in [-0.15, -0.1) is 0 Å². The Morgan fingerprint density at radius 1 is 1.31 bits per heavy atom. The number of carbonyl (C=O) groups excluding carboxylic acids is 1. The van der Waals surface area contributed by atoms with Crippen LogP contribution in [0, 0.1) is 18.1 Å². The van der Waals surface area contributed by atoms with E-state index in [1.54, 1.807) is 6.07 Å². The summed E-state index contributed by atoms with van der Waals surface area (Å²) in [6.07, 6.45) is 6.38. The van der Waals surface area contributed by atoms with E-state index in [1.807, 2.05) is 19.1 Å². The van der Waals surface area contributed by atoms with Gasteiger partial charge in [0.05, 0.1) is 0 Å². The molecule has 0 aliphatic rings. The molecular formula is C13H17NOS. The molecule has 16 heavy (non-hydrogen) atoms. The van der Waals surface area contributed by atoms with Crippen LogP contribution in [0.2, 0.25) is 0 Å². The number of amides is 1. The van der Waals surface area contributed by atoms with Gasteiger partial charge < -0.3 is 5.73 Å². The Bertz CT molecular complexity index is 475. The monoisotopic (exact) mass is 235 g/mol. The zero-order valence-corrected chi connectivity index (χ0v) is 10.9. The highest BCUT2D eigenvalue weighted by Crippen LogP contribution is 2.32. The van der Waals surface area contributed by atoms with Crippen LogP contribution in [-0.2, 0) is 0 Å². The van der Waals surface area contributed by atoms with Gasteiger partial charge in [0, 0.05) is 11.1 Å². The molecule has 2 N–H and O–H groups in total. The zero-order valence-electron chi connectivity index (χ0n) is 10.1. The van der Waals surface area contributed by atoms with E-state index < -0.39 is 15.9 Å². The van der Waals surface area contributed by atoms with Gasteiger partial charge in [-0.25, -0.2) is 0 Å². The van der Waals surface area contributed by atoms with Crippen LogP contribution in [0.1, 0.15) is 21.5 Å². The third-order valence-corrected chi connectivity index (χ3v) is 2.72. The number of primary amides is 1. The molecule has 0 aromatic heterocycles. The maximum atomic E-state index is 11.2. The Kier molecular flexibility index (Phi) is 3.66. The second-order valence-electron chi connectivity index (χ2n) is 4.46. The van der Waals surface area contributed by atoms with Crippen molar-refractivity contribution in [1.29, 1.82) is 0 Å². The quantitative estimate of drug-likeness (QED) is 0.744. The summed E-state index contributed by atoms with van der Waals surface area (Å²) in [7, 11) is -0.843. The highest BCUT2D eigenvalue weighted by Gasteiger charge is 2.05. The van der Waals surface area contributed by atoms with Gasteiger partial charge in [0.25, 0.3) is 0 Å². The van der Waals surface area contributed by atoms with Crippen molar-refractivity contribution in [3.05, 3.63) is 34.9 Å². The largest absolute Gasteiger partial charge is 0.366 e. The van der Waals surface area contributed by atoms with Crippen molar-refractivity contribution < 1.29 is 4.79 Å². The van der Waals surface area contributed by atoms with Crippen molar-refractivity contribution in [3.8, 4) is 11.2 Å². The lowest BCUT2D eigenvalue weighted by atomic mass is 10.1. The van der Waals surface area contributed by atoms with Crippen LogP contribution in [0.15, 0.2) is 18.2 Å². The molecule has 1 aromatic rings. The Labute approximate surface area is 98.5 Å². The lowest BCUT2D eigenvalue weighted by Crippen LogP contribution is -2.12. The van der Waals surface area contributed by atoms with Crippen LogP contribution >= 0.6 is 10.0 Å². The van der Waals surface area contributed by atoms with Crippen LogP contribution in [0.5, 0.6) is 0 Å². The number of benzene rings is 1. The number of aryl methyl sites for hydroxylation is 1. The van der Waals surface area contributed by atoms with Crippen molar-refractivity contribution >= 4 is 15.9 Å². The molecule has 3 heteroatoms. The average Bonchev–Trinajstić information content (AvgIpc) is 2.14. The summed E-state index contributed by atoms with van der Waals surface area (Å²) in [6.45, 7) is 1.87. The van der Waals surface area contributed by atoms with Gasteiger partial charge in [-0.2, -0.15) is 10.0 Å². The summed E-state index contributed by atoms with van der Waals surface area (Å²) < 4.78 is 0. The lowest BCUT2D eigenvalue weighted by Gasteiger charge is -2.14. The Morgan fingerprint density at radius 2 is 1.94 bits per heavy atom. The second kappa shape index (κ2) is 4.63. The fourth-order valence-corrected chi connectivity index (χ4v) is 1.60. The van der Waals surface area contributed by atoms with E-state index in [2.05, 4.69) is 29.9 Å². The third-order valence-electron chi connectivity index (χ3n) is 2.00. The van der Waals surface area contributed by atoms with Crippen LogP contribution in [0.25, 0.3) is 0 Å². The first-order valence-electron chi connectivity index (χ1n) is 4.91. The molecule has 0 atom stereocenters. The molecule has 0 fully saturated rings. The maximum Gasteiger partial charge on any atom is 0.249 e. The number of hydrogen-bond acceptors (Lipinski definition) is 1. The number of hydrogen-bond donors (Lipinski definition) is 1. The lowest BCUT2D eigenvalue weighted by molar-refractivity contribution is 0.0999. The summed E-state index contributed by atoms with van der Waals surface area (Å²) in [5.74, 6) is 2.69. The minimum atomic E-state index is -0.843. The molecule has 0 aliphatic carbocycles. The fraction of sp³-hybridized carbons (Fsp3) is 0.308. The molecule has 0 spiro atoms. The van der Waals surface area contributed by atoms with Gasteiger partial charge in [-0.05, 0) is 48.6 Å². The smallest absolute Gasteiger partial charge is 0.249 e. The Hall–Kier alpha value is -1.40. The number of carbonyl (C=O) groups is 1. The SMILES string of the molecule is Cc1ccc(C#CS(C)(C)C)cc1C(N)=O.